The van der Waals surface area contributed by atoms with Gasteiger partial charge in [0.2, 0.25) is 5.91 Å². The third-order valence-electron chi connectivity index (χ3n) is 4.26. The molecule has 3 rings (SSSR count). The number of furan rings is 1. The van der Waals surface area contributed by atoms with E-state index in [1.54, 1.807) is 6.92 Å². The molecule has 2 heterocycles. The number of para-hydroxylation sites is 2. The molecule has 0 aliphatic carbocycles. The average molecular weight is 396 g/mol. The van der Waals surface area contributed by atoms with Crippen LogP contribution in [0.15, 0.2) is 40.8 Å². The number of nitrogens with one attached hydrogen (secondary N) is 2. The summed E-state index contributed by atoms with van der Waals surface area (Å²) in [7, 11) is 3.10. The number of aryl methyl sites for hydroxylation is 2. The first-order valence-electron chi connectivity index (χ1n) is 8.75. The van der Waals surface area contributed by atoms with Crippen LogP contribution >= 0.6 is 0 Å². The average Bonchev–Trinajstić information content (AvgIpc) is 3.24. The lowest BCUT2D eigenvalue weighted by atomic mass is 10.2. The molecule has 0 atom stereocenters. The Labute approximate surface area is 166 Å². The number of hydrogen-bond donors (Lipinski definition) is 2. The number of nitrogens with zero attached hydrogens (tertiary/aromatic N) is 2. The van der Waals surface area contributed by atoms with Gasteiger partial charge in [0.25, 0.3) is 5.91 Å². The highest BCUT2D eigenvalue weighted by Gasteiger charge is 2.14. The maximum Gasteiger partial charge on any atom is 0.341 e. The predicted molar refractivity (Wildman–Crippen MR) is 105 cm³/mol. The molecule has 2 amide bonds. The molecule has 0 saturated carbocycles. The van der Waals surface area contributed by atoms with Crippen molar-refractivity contribution in [2.45, 2.75) is 13.3 Å². The number of fused-ring (bicyclic) bond motifs is 1. The van der Waals surface area contributed by atoms with Crippen molar-refractivity contribution < 1.29 is 23.5 Å². The highest BCUT2D eigenvalue weighted by molar-refractivity contribution is 5.94. The van der Waals surface area contributed by atoms with Crippen LogP contribution in [0.1, 0.15) is 27.7 Å². The number of imidazole rings is 1. The Morgan fingerprint density at radius 1 is 1.24 bits per heavy atom. The Bertz CT molecular complexity index is 1110. The van der Waals surface area contributed by atoms with Crippen LogP contribution in [0, 0.1) is 6.92 Å². The van der Waals surface area contributed by atoms with E-state index in [1.807, 2.05) is 35.9 Å². The number of carbonyl (C=O) groups excluding carboxylic acids is 3. The molecular formula is C20H20N4O5. The molecule has 9 nitrogen and oxygen atoms in total. The SMILES string of the molecule is COC(=O)c1cc(/C=C/C(=O)NNC(=O)Cc2nc3ccccc3n2C)oc1C. The summed E-state index contributed by atoms with van der Waals surface area (Å²) in [5.41, 5.74) is 6.62. The van der Waals surface area contributed by atoms with E-state index in [0.717, 1.165) is 11.0 Å². The molecule has 0 radical (unpaired) electrons. The first-order chi connectivity index (χ1) is 13.9. The van der Waals surface area contributed by atoms with Gasteiger partial charge in [-0.15, -0.1) is 0 Å². The maximum absolute atomic E-state index is 12.1. The predicted octanol–water partition coefficient (Wildman–Crippen LogP) is 1.66. The zero-order valence-corrected chi connectivity index (χ0v) is 16.2. The number of methoxy groups -OCH3 is 1. The molecule has 9 heteroatoms. The number of aromatic nitrogens is 2. The van der Waals surface area contributed by atoms with Gasteiger partial charge in [-0.05, 0) is 31.2 Å². The molecule has 2 N–H and O–H groups in total. The third-order valence-corrected chi connectivity index (χ3v) is 4.26. The quantitative estimate of drug-likeness (QED) is 0.385. The molecule has 29 heavy (non-hydrogen) atoms. The Kier molecular flexibility index (Phi) is 5.77. The van der Waals surface area contributed by atoms with Crippen molar-refractivity contribution in [1.29, 1.82) is 0 Å². The maximum atomic E-state index is 12.1. The molecule has 0 bridgehead atoms. The van der Waals surface area contributed by atoms with Crippen molar-refractivity contribution in [1.82, 2.24) is 20.4 Å². The second kappa shape index (κ2) is 8.42. The van der Waals surface area contributed by atoms with Gasteiger partial charge in [-0.3, -0.25) is 20.4 Å². The molecule has 0 aliphatic rings. The standard InChI is InChI=1S/C20H20N4O5/c1-12-14(20(27)28-3)10-13(29-12)8-9-18(25)22-23-19(26)11-17-21-15-6-4-5-7-16(15)24(17)2/h4-10H,11H2,1-3H3,(H,22,25)(H,23,26)/b9-8+. The number of amides is 2. The second-order valence-corrected chi connectivity index (χ2v) is 6.23. The van der Waals surface area contributed by atoms with Gasteiger partial charge in [-0.2, -0.15) is 0 Å². The summed E-state index contributed by atoms with van der Waals surface area (Å²) < 4.78 is 11.8. The van der Waals surface area contributed by atoms with Gasteiger partial charge in [0, 0.05) is 13.1 Å². The number of carbonyl (C=O) groups is 3. The van der Waals surface area contributed by atoms with Crippen molar-refractivity contribution in [3.05, 3.63) is 59.3 Å². The topological polar surface area (TPSA) is 115 Å². The minimum absolute atomic E-state index is 0.00897. The van der Waals surface area contributed by atoms with E-state index in [2.05, 4.69) is 20.6 Å². The van der Waals surface area contributed by atoms with Crippen LogP contribution in [-0.4, -0.2) is 34.4 Å². The zero-order chi connectivity index (χ0) is 21.0. The van der Waals surface area contributed by atoms with Crippen molar-refractivity contribution in [3.8, 4) is 0 Å². The summed E-state index contributed by atoms with van der Waals surface area (Å²) in [6.07, 6.45) is 2.57. The molecule has 3 aromatic rings. The molecule has 2 aromatic heterocycles. The Morgan fingerprint density at radius 3 is 2.72 bits per heavy atom. The zero-order valence-electron chi connectivity index (χ0n) is 16.2. The molecular weight excluding hydrogens is 376 g/mol. The van der Waals surface area contributed by atoms with E-state index in [9.17, 15) is 14.4 Å². The number of rotatable bonds is 5. The number of hydrogen-bond acceptors (Lipinski definition) is 6. The van der Waals surface area contributed by atoms with Crippen molar-refractivity contribution in [3.63, 3.8) is 0 Å². The number of benzene rings is 1. The van der Waals surface area contributed by atoms with Gasteiger partial charge in [0.05, 0.1) is 24.6 Å². The van der Waals surface area contributed by atoms with Crippen LogP contribution in [0.5, 0.6) is 0 Å². The summed E-state index contributed by atoms with van der Waals surface area (Å²) in [4.78, 5) is 40.0. The monoisotopic (exact) mass is 396 g/mol. The molecule has 0 aliphatic heterocycles. The van der Waals surface area contributed by atoms with E-state index >= 15 is 0 Å². The van der Waals surface area contributed by atoms with Gasteiger partial charge in [0.1, 0.15) is 22.9 Å². The lowest BCUT2D eigenvalue weighted by Crippen LogP contribution is -2.41. The number of hydrazine groups is 1. The van der Waals surface area contributed by atoms with Crippen molar-refractivity contribution in [2.24, 2.45) is 7.05 Å². The van der Waals surface area contributed by atoms with Gasteiger partial charge in [-0.1, -0.05) is 12.1 Å². The molecule has 0 fully saturated rings. The molecule has 1 aromatic carbocycles. The Balaban J connectivity index is 1.55. The van der Waals surface area contributed by atoms with E-state index < -0.39 is 17.8 Å². The highest BCUT2D eigenvalue weighted by atomic mass is 16.5. The van der Waals surface area contributed by atoms with Crippen LogP contribution in [0.3, 0.4) is 0 Å². The minimum Gasteiger partial charge on any atom is -0.465 e. The molecule has 0 unspecified atom stereocenters. The molecule has 0 spiro atoms. The van der Waals surface area contributed by atoms with E-state index in [4.69, 9.17) is 4.42 Å². The molecule has 0 saturated heterocycles. The Morgan fingerprint density at radius 2 is 2.00 bits per heavy atom. The van der Waals surface area contributed by atoms with Crippen molar-refractivity contribution in [2.75, 3.05) is 7.11 Å². The Hall–Kier alpha value is -3.88. The van der Waals surface area contributed by atoms with Gasteiger partial charge in [0.15, 0.2) is 0 Å². The summed E-state index contributed by atoms with van der Waals surface area (Å²) in [5.74, 6) is -0.222. The van der Waals surface area contributed by atoms with Crippen LogP contribution < -0.4 is 10.9 Å². The number of esters is 1. The van der Waals surface area contributed by atoms with Gasteiger partial charge in [-0.25, -0.2) is 9.78 Å². The summed E-state index contributed by atoms with van der Waals surface area (Å²) in [6, 6.07) is 9.02. The van der Waals surface area contributed by atoms with Crippen molar-refractivity contribution >= 4 is 34.9 Å². The summed E-state index contributed by atoms with van der Waals surface area (Å²) in [5, 5.41) is 0. The third kappa shape index (κ3) is 4.52. The first-order valence-corrected chi connectivity index (χ1v) is 8.75. The fourth-order valence-corrected chi connectivity index (χ4v) is 2.77. The van der Waals surface area contributed by atoms with Crippen LogP contribution in [0.25, 0.3) is 17.1 Å². The lowest BCUT2D eigenvalue weighted by Gasteiger charge is -2.05. The van der Waals surface area contributed by atoms with Gasteiger partial charge >= 0.3 is 5.97 Å². The van der Waals surface area contributed by atoms with Crippen LogP contribution in [0.4, 0.5) is 0 Å². The fourth-order valence-electron chi connectivity index (χ4n) is 2.77. The summed E-state index contributed by atoms with van der Waals surface area (Å²) in [6.45, 7) is 1.62. The van der Waals surface area contributed by atoms with Gasteiger partial charge < -0.3 is 13.7 Å². The summed E-state index contributed by atoms with van der Waals surface area (Å²) >= 11 is 0. The lowest BCUT2D eigenvalue weighted by molar-refractivity contribution is -0.126. The minimum atomic E-state index is -0.558. The number of ether oxygens (including phenoxy) is 1. The smallest absolute Gasteiger partial charge is 0.341 e. The van der Waals surface area contributed by atoms with Crippen LogP contribution in [0.2, 0.25) is 0 Å². The van der Waals surface area contributed by atoms with E-state index in [1.165, 1.54) is 25.3 Å². The normalized spacial score (nSPS) is 11.0. The van der Waals surface area contributed by atoms with E-state index in [0.29, 0.717) is 17.3 Å². The highest BCUT2D eigenvalue weighted by Crippen LogP contribution is 2.17. The second-order valence-electron chi connectivity index (χ2n) is 6.23. The first kappa shape index (κ1) is 19.9. The molecule has 150 valence electrons. The van der Waals surface area contributed by atoms with Crippen LogP contribution in [-0.2, 0) is 27.8 Å². The van der Waals surface area contributed by atoms with E-state index in [-0.39, 0.29) is 12.0 Å². The largest absolute Gasteiger partial charge is 0.465 e. The fraction of sp³-hybridized carbons (Fsp3) is 0.200.